The van der Waals surface area contributed by atoms with E-state index in [0.29, 0.717) is 6.42 Å². The van der Waals surface area contributed by atoms with Crippen LogP contribution in [0.1, 0.15) is 46.0 Å². The molecule has 0 radical (unpaired) electrons. The third-order valence-corrected chi connectivity index (χ3v) is 4.44. The van der Waals surface area contributed by atoms with E-state index in [1.54, 1.807) is 0 Å². The Balaban J connectivity index is 2.18. The quantitative estimate of drug-likeness (QED) is 0.624. The first-order valence-electron chi connectivity index (χ1n) is 8.36. The van der Waals surface area contributed by atoms with Gasteiger partial charge in [0.2, 0.25) is 5.91 Å². The number of carbonyl (C=O) groups is 1. The molecule has 21 heavy (non-hydrogen) atoms. The van der Waals surface area contributed by atoms with Crippen molar-refractivity contribution in [3.8, 4) is 0 Å². The highest BCUT2D eigenvalue weighted by molar-refractivity contribution is 5.75. The van der Waals surface area contributed by atoms with Gasteiger partial charge in [-0.15, -0.1) is 0 Å². The Morgan fingerprint density at radius 3 is 2.33 bits per heavy atom. The second kappa shape index (κ2) is 9.38. The fourth-order valence-electron chi connectivity index (χ4n) is 2.71. The molecule has 0 spiro atoms. The number of likely N-dealkylation sites (N-methyl/N-ethyl adjacent to an activating group) is 1. The average Bonchev–Trinajstić information content (AvgIpc) is 2.45. The van der Waals surface area contributed by atoms with Gasteiger partial charge in [-0.3, -0.25) is 9.69 Å². The summed E-state index contributed by atoms with van der Waals surface area (Å²) in [7, 11) is 2.16. The molecule has 0 bridgehead atoms. The number of nitrogens with one attached hydrogen (secondary N) is 1. The van der Waals surface area contributed by atoms with Gasteiger partial charge >= 0.3 is 0 Å². The third-order valence-electron chi connectivity index (χ3n) is 4.44. The van der Waals surface area contributed by atoms with Gasteiger partial charge in [0, 0.05) is 44.7 Å². The Kier molecular flexibility index (Phi) is 8.22. The molecule has 0 atom stereocenters. The Hall–Kier alpha value is -0.650. The Labute approximate surface area is 130 Å². The number of amides is 1. The minimum atomic E-state index is 0.0382. The van der Waals surface area contributed by atoms with E-state index in [9.17, 15) is 4.79 Å². The van der Waals surface area contributed by atoms with Gasteiger partial charge in [0.1, 0.15) is 0 Å². The molecule has 0 aliphatic carbocycles. The molecule has 1 rings (SSSR count). The molecule has 1 aliphatic rings. The molecule has 0 unspecified atom stereocenters. The van der Waals surface area contributed by atoms with Crippen molar-refractivity contribution in [3.05, 3.63) is 0 Å². The molecule has 5 heteroatoms. The van der Waals surface area contributed by atoms with Crippen LogP contribution in [-0.4, -0.2) is 67.6 Å². The summed E-state index contributed by atoms with van der Waals surface area (Å²) in [5.41, 5.74) is 5.50. The first-order valence-corrected chi connectivity index (χ1v) is 8.36. The Morgan fingerprint density at radius 1 is 1.10 bits per heavy atom. The summed E-state index contributed by atoms with van der Waals surface area (Å²) in [5, 5.41) is 3.10. The first kappa shape index (κ1) is 18.4. The minimum absolute atomic E-state index is 0.0382. The molecule has 1 amide bonds. The van der Waals surface area contributed by atoms with Crippen LogP contribution in [0.4, 0.5) is 0 Å². The smallest absolute Gasteiger partial charge is 0.220 e. The topological polar surface area (TPSA) is 61.6 Å². The van der Waals surface area contributed by atoms with E-state index >= 15 is 0 Å². The fraction of sp³-hybridized carbons (Fsp3) is 0.938. The van der Waals surface area contributed by atoms with Crippen LogP contribution >= 0.6 is 0 Å². The first-order chi connectivity index (χ1) is 9.95. The lowest BCUT2D eigenvalue weighted by molar-refractivity contribution is -0.121. The second-order valence-electron chi connectivity index (χ2n) is 6.83. The molecule has 5 nitrogen and oxygen atoms in total. The highest BCUT2D eigenvalue weighted by Crippen LogP contribution is 2.15. The number of rotatable bonds is 9. The standard InChI is InChI=1S/C16H34N4O/c1-16(2,20-12-10-19(3)11-13-20)14-18-15(21)8-6-4-5-7-9-17/h4-14,17H2,1-3H3,(H,18,21). The molecule has 1 saturated heterocycles. The number of nitrogens with two attached hydrogens (primary N) is 1. The van der Waals surface area contributed by atoms with E-state index in [-0.39, 0.29) is 11.4 Å². The van der Waals surface area contributed by atoms with Gasteiger partial charge in [-0.1, -0.05) is 12.8 Å². The summed E-state index contributed by atoms with van der Waals surface area (Å²) in [6.07, 6.45) is 4.92. The summed E-state index contributed by atoms with van der Waals surface area (Å²) < 4.78 is 0. The van der Waals surface area contributed by atoms with Crippen LogP contribution in [-0.2, 0) is 4.79 Å². The summed E-state index contributed by atoms with van der Waals surface area (Å²) in [4.78, 5) is 16.7. The van der Waals surface area contributed by atoms with Crippen LogP contribution < -0.4 is 11.1 Å². The van der Waals surface area contributed by atoms with Gasteiger partial charge in [0.25, 0.3) is 0 Å². The third kappa shape index (κ3) is 7.25. The number of piperazine rings is 1. The van der Waals surface area contributed by atoms with E-state index in [1.165, 1.54) is 0 Å². The van der Waals surface area contributed by atoms with E-state index in [1.807, 2.05) is 0 Å². The molecular formula is C16H34N4O. The van der Waals surface area contributed by atoms with Gasteiger partial charge in [-0.25, -0.2) is 0 Å². The lowest BCUT2D eigenvalue weighted by Gasteiger charge is -2.43. The predicted molar refractivity (Wildman–Crippen MR) is 88.3 cm³/mol. The number of nitrogens with zero attached hydrogens (tertiary/aromatic N) is 2. The monoisotopic (exact) mass is 298 g/mol. The fourth-order valence-corrected chi connectivity index (χ4v) is 2.71. The maximum Gasteiger partial charge on any atom is 0.220 e. The summed E-state index contributed by atoms with van der Waals surface area (Å²) >= 11 is 0. The molecule has 1 aliphatic heterocycles. The van der Waals surface area contributed by atoms with Crippen LogP contribution in [0.2, 0.25) is 0 Å². The molecule has 3 N–H and O–H groups in total. The average molecular weight is 298 g/mol. The molecule has 1 heterocycles. The van der Waals surface area contributed by atoms with Crippen LogP contribution in [0.25, 0.3) is 0 Å². The maximum atomic E-state index is 11.9. The molecule has 0 saturated carbocycles. The van der Waals surface area contributed by atoms with E-state index < -0.39 is 0 Å². The summed E-state index contributed by atoms with van der Waals surface area (Å²) in [5.74, 6) is 0.185. The van der Waals surface area contributed by atoms with Gasteiger partial charge in [0.05, 0.1) is 0 Å². The van der Waals surface area contributed by atoms with Crippen LogP contribution in [0, 0.1) is 0 Å². The predicted octanol–water partition coefficient (Wildman–Crippen LogP) is 1.04. The normalized spacial score (nSPS) is 17.9. The summed E-state index contributed by atoms with van der Waals surface area (Å²) in [6.45, 7) is 10.3. The SMILES string of the molecule is CN1CCN(C(C)(C)CNC(=O)CCCCCCN)CC1. The lowest BCUT2D eigenvalue weighted by Crippen LogP contribution is -2.57. The van der Waals surface area contributed by atoms with Crippen molar-refractivity contribution in [2.24, 2.45) is 5.73 Å². The molecular weight excluding hydrogens is 264 g/mol. The summed E-state index contributed by atoms with van der Waals surface area (Å²) in [6, 6.07) is 0. The minimum Gasteiger partial charge on any atom is -0.354 e. The zero-order valence-electron chi connectivity index (χ0n) is 14.2. The van der Waals surface area contributed by atoms with E-state index in [0.717, 1.165) is 65.0 Å². The molecule has 1 fully saturated rings. The zero-order chi connectivity index (χ0) is 15.7. The number of carbonyl (C=O) groups excluding carboxylic acids is 1. The van der Waals surface area contributed by atoms with Gasteiger partial charge in [-0.2, -0.15) is 0 Å². The van der Waals surface area contributed by atoms with Crippen molar-refractivity contribution in [1.82, 2.24) is 15.1 Å². The number of hydrogen-bond donors (Lipinski definition) is 2. The Bertz CT molecular complexity index is 299. The Morgan fingerprint density at radius 2 is 1.71 bits per heavy atom. The van der Waals surface area contributed by atoms with Gasteiger partial charge < -0.3 is 16.0 Å². The maximum absolute atomic E-state index is 11.9. The highest BCUT2D eigenvalue weighted by Gasteiger charge is 2.29. The van der Waals surface area contributed by atoms with Crippen LogP contribution in [0.5, 0.6) is 0 Å². The largest absolute Gasteiger partial charge is 0.354 e. The number of hydrogen-bond acceptors (Lipinski definition) is 4. The molecule has 0 aromatic rings. The van der Waals surface area contributed by atoms with Crippen molar-refractivity contribution in [3.63, 3.8) is 0 Å². The second-order valence-corrected chi connectivity index (χ2v) is 6.83. The van der Waals surface area contributed by atoms with E-state index in [2.05, 4.69) is 36.0 Å². The highest BCUT2D eigenvalue weighted by atomic mass is 16.1. The molecule has 124 valence electrons. The zero-order valence-corrected chi connectivity index (χ0v) is 14.2. The van der Waals surface area contributed by atoms with Gasteiger partial charge in [-0.05, 0) is 40.3 Å². The van der Waals surface area contributed by atoms with Crippen LogP contribution in [0.15, 0.2) is 0 Å². The lowest BCUT2D eigenvalue weighted by atomic mass is 10.0. The van der Waals surface area contributed by atoms with Crippen molar-refractivity contribution in [1.29, 1.82) is 0 Å². The number of unbranched alkanes of at least 4 members (excludes halogenated alkanes) is 3. The van der Waals surface area contributed by atoms with E-state index in [4.69, 9.17) is 5.73 Å². The molecule has 0 aromatic heterocycles. The van der Waals surface area contributed by atoms with Crippen molar-refractivity contribution >= 4 is 5.91 Å². The molecule has 0 aromatic carbocycles. The van der Waals surface area contributed by atoms with Crippen molar-refractivity contribution in [2.75, 3.05) is 46.3 Å². The van der Waals surface area contributed by atoms with Crippen LogP contribution in [0.3, 0.4) is 0 Å². The van der Waals surface area contributed by atoms with Crippen molar-refractivity contribution < 1.29 is 4.79 Å². The van der Waals surface area contributed by atoms with Gasteiger partial charge in [0.15, 0.2) is 0 Å². The van der Waals surface area contributed by atoms with Crippen molar-refractivity contribution in [2.45, 2.75) is 51.5 Å².